The summed E-state index contributed by atoms with van der Waals surface area (Å²) < 4.78 is 41.5. The summed E-state index contributed by atoms with van der Waals surface area (Å²) in [6, 6.07) is 9.00. The largest absolute Gasteiger partial charge is 0.486 e. The van der Waals surface area contributed by atoms with Gasteiger partial charge in [-0.05, 0) is 88.5 Å². The molecule has 3 aromatic carbocycles. The van der Waals surface area contributed by atoms with Gasteiger partial charge in [0.05, 0.1) is 46.3 Å². The van der Waals surface area contributed by atoms with Gasteiger partial charge >= 0.3 is 0 Å². The number of carbonyl (C=O) groups is 5. The highest BCUT2D eigenvalue weighted by Crippen LogP contribution is 2.37. The Morgan fingerprint density at radius 2 is 1.70 bits per heavy atom. The number of hydrogen-bond donors (Lipinski definition) is 3. The molecule has 3 N–H and O–H groups in total. The number of piperazine rings is 1. The number of ether oxygens (including phenoxy) is 2. The highest BCUT2D eigenvalue weighted by molar-refractivity contribution is 6.31. The van der Waals surface area contributed by atoms with Crippen molar-refractivity contribution < 1.29 is 42.2 Å². The van der Waals surface area contributed by atoms with E-state index in [-0.39, 0.29) is 58.8 Å². The van der Waals surface area contributed by atoms with Crippen LogP contribution in [0.25, 0.3) is 10.9 Å². The van der Waals surface area contributed by atoms with Gasteiger partial charge in [0.1, 0.15) is 41.7 Å². The Morgan fingerprint density at radius 3 is 2.41 bits per heavy atom. The average molecular weight is 926 g/mol. The maximum atomic E-state index is 15.8. The number of carbonyl (C=O) groups excluding carboxylic acids is 5. The lowest BCUT2D eigenvalue weighted by Gasteiger charge is -2.47. The van der Waals surface area contributed by atoms with Crippen LogP contribution < -0.4 is 25.6 Å². The SMILES string of the molecule is CC1CN(CC2CCN(C/C=C/C(=O)Nc3cc4c(Nc5ccc(F)c(Cl)c5)ncnc4cc3OC3CCOC3)CC2)CC(C)N1c1cc2c(cc1F)C(=O)N(C1CCC(=O)NC1=O)C2=O. The van der Waals surface area contributed by atoms with E-state index in [2.05, 4.69) is 35.7 Å². The van der Waals surface area contributed by atoms with Crippen LogP contribution in [0, 0.1) is 17.6 Å². The van der Waals surface area contributed by atoms with Crippen LogP contribution in [0.3, 0.4) is 0 Å². The number of amides is 5. The predicted molar refractivity (Wildman–Crippen MR) is 242 cm³/mol. The Hall–Kier alpha value is -6.08. The highest BCUT2D eigenvalue weighted by Gasteiger charge is 2.46. The fourth-order valence-electron chi connectivity index (χ4n) is 9.81. The van der Waals surface area contributed by atoms with Crippen LogP contribution >= 0.6 is 11.6 Å². The van der Waals surface area contributed by atoms with Gasteiger partial charge in [-0.2, -0.15) is 0 Å². The zero-order valence-electron chi connectivity index (χ0n) is 36.5. The topological polar surface area (TPSA) is 179 Å². The fourth-order valence-corrected chi connectivity index (χ4v) is 9.99. The third kappa shape index (κ3) is 9.45. The van der Waals surface area contributed by atoms with Crippen molar-refractivity contribution in [3.8, 4) is 5.75 Å². The number of rotatable bonds is 12. The molecule has 5 amide bonds. The van der Waals surface area contributed by atoms with Gasteiger partial charge in [-0.1, -0.05) is 17.7 Å². The van der Waals surface area contributed by atoms with Crippen LogP contribution in [0.4, 0.5) is 31.7 Å². The zero-order chi connectivity index (χ0) is 46.2. The molecule has 16 nitrogen and oxygen atoms in total. The number of aromatic nitrogens is 2. The monoisotopic (exact) mass is 925 g/mol. The van der Waals surface area contributed by atoms with Crippen molar-refractivity contribution in [1.82, 2.24) is 30.0 Å². The predicted octanol–water partition coefficient (Wildman–Crippen LogP) is 5.68. The minimum atomic E-state index is -1.12. The summed E-state index contributed by atoms with van der Waals surface area (Å²) in [6.45, 7) is 9.65. The first-order chi connectivity index (χ1) is 31.8. The van der Waals surface area contributed by atoms with E-state index in [1.165, 1.54) is 30.6 Å². The van der Waals surface area contributed by atoms with Gasteiger partial charge in [0, 0.05) is 74.3 Å². The molecular weight excluding hydrogens is 876 g/mol. The van der Waals surface area contributed by atoms with E-state index < -0.39 is 41.3 Å². The molecule has 1 aromatic heterocycles. The molecule has 4 saturated heterocycles. The first kappa shape index (κ1) is 45.1. The van der Waals surface area contributed by atoms with Gasteiger partial charge in [-0.15, -0.1) is 0 Å². The maximum Gasteiger partial charge on any atom is 0.262 e. The number of nitrogens with one attached hydrogen (secondary N) is 3. The summed E-state index contributed by atoms with van der Waals surface area (Å²) in [6.07, 6.45) is 7.30. The molecule has 0 aliphatic carbocycles. The molecule has 4 unspecified atom stereocenters. The van der Waals surface area contributed by atoms with Gasteiger partial charge in [-0.25, -0.2) is 18.7 Å². The second-order valence-corrected chi connectivity index (χ2v) is 18.1. The lowest BCUT2D eigenvalue weighted by atomic mass is 9.94. The number of piperidine rings is 2. The lowest BCUT2D eigenvalue weighted by Crippen LogP contribution is -2.58. The average Bonchev–Trinajstić information content (AvgIpc) is 3.88. The first-order valence-electron chi connectivity index (χ1n) is 22.3. The van der Waals surface area contributed by atoms with E-state index in [0.29, 0.717) is 79.0 Å². The zero-order valence-corrected chi connectivity index (χ0v) is 37.3. The summed E-state index contributed by atoms with van der Waals surface area (Å²) in [5.41, 5.74) is 1.75. The molecule has 0 saturated carbocycles. The minimum Gasteiger partial charge on any atom is -0.486 e. The molecule has 19 heteroatoms. The van der Waals surface area contributed by atoms with Crippen LogP contribution in [0.1, 0.15) is 66.7 Å². The van der Waals surface area contributed by atoms with Crippen LogP contribution in [-0.2, 0) is 19.1 Å². The number of anilines is 4. The molecule has 5 aliphatic heterocycles. The lowest BCUT2D eigenvalue weighted by molar-refractivity contribution is -0.136. The van der Waals surface area contributed by atoms with Crippen molar-refractivity contribution in [2.45, 2.75) is 70.2 Å². The van der Waals surface area contributed by atoms with E-state index in [1.807, 2.05) is 24.8 Å². The molecule has 9 rings (SSSR count). The summed E-state index contributed by atoms with van der Waals surface area (Å²) in [5, 5.41) is 8.91. The second-order valence-electron chi connectivity index (χ2n) is 17.7. The number of fused-ring (bicyclic) bond motifs is 2. The molecule has 4 fully saturated rings. The third-order valence-corrected chi connectivity index (χ3v) is 13.3. The molecular formula is C47H50ClF2N9O7. The third-order valence-electron chi connectivity index (χ3n) is 13.0. The van der Waals surface area contributed by atoms with Crippen molar-refractivity contribution in [3.05, 3.63) is 88.7 Å². The Kier molecular flexibility index (Phi) is 13.0. The van der Waals surface area contributed by atoms with Crippen LogP contribution in [-0.4, -0.2) is 131 Å². The Morgan fingerprint density at radius 1 is 0.939 bits per heavy atom. The number of nitrogens with zero attached hydrogens (tertiary/aromatic N) is 6. The molecule has 0 spiro atoms. The van der Waals surface area contributed by atoms with E-state index >= 15 is 4.39 Å². The molecule has 4 aromatic rings. The normalized spacial score (nSPS) is 23.2. The standard InChI is InChI=1S/C47H50ClF2N9O7/c1-26-21-57(22-27(2)58(26)40-19-32-31(17-36(40)50)46(63)59(47(32)64)39-7-8-43(61)55-45(39)62)23-28-9-13-56(14-10-28)12-3-4-42(60)54-38-18-33-37(20-41(38)66-30-11-15-65-24-30)51-25-52-44(33)53-29-5-6-35(49)34(48)16-29/h3-6,16-20,25-28,30,39H,7-15,21-24H2,1-2H3,(H,54,60)(H,51,52,53)(H,55,61,62)/b4-3+. The first-order valence-corrected chi connectivity index (χ1v) is 22.7. The van der Waals surface area contributed by atoms with Crippen molar-refractivity contribution in [2.75, 3.05) is 68.0 Å². The van der Waals surface area contributed by atoms with E-state index in [0.717, 1.165) is 43.4 Å². The number of likely N-dealkylation sites (tertiary alicyclic amines) is 1. The molecule has 0 bridgehead atoms. The highest BCUT2D eigenvalue weighted by atomic mass is 35.5. The van der Waals surface area contributed by atoms with Crippen LogP contribution in [0.2, 0.25) is 5.02 Å². The molecule has 5 aliphatic rings. The molecule has 346 valence electrons. The summed E-state index contributed by atoms with van der Waals surface area (Å²) in [5.74, 6) is -2.71. The Bertz CT molecular complexity index is 2610. The van der Waals surface area contributed by atoms with Gasteiger partial charge in [0.2, 0.25) is 17.7 Å². The van der Waals surface area contributed by atoms with Crippen molar-refractivity contribution in [1.29, 1.82) is 0 Å². The van der Waals surface area contributed by atoms with Crippen molar-refractivity contribution in [3.63, 3.8) is 0 Å². The van der Waals surface area contributed by atoms with E-state index in [9.17, 15) is 28.4 Å². The van der Waals surface area contributed by atoms with Gasteiger partial charge in [-0.3, -0.25) is 44.0 Å². The van der Waals surface area contributed by atoms with Gasteiger partial charge in [0.15, 0.2) is 0 Å². The molecule has 6 heterocycles. The minimum absolute atomic E-state index is 0.00101. The van der Waals surface area contributed by atoms with Crippen LogP contribution in [0.15, 0.2) is 60.9 Å². The maximum absolute atomic E-state index is 15.8. The number of imide groups is 2. The summed E-state index contributed by atoms with van der Waals surface area (Å²) in [4.78, 5) is 80.7. The summed E-state index contributed by atoms with van der Waals surface area (Å²) >= 11 is 6.02. The summed E-state index contributed by atoms with van der Waals surface area (Å²) in [7, 11) is 0. The molecule has 66 heavy (non-hydrogen) atoms. The molecule has 0 radical (unpaired) electrons. The van der Waals surface area contributed by atoms with E-state index in [4.69, 9.17) is 21.1 Å². The van der Waals surface area contributed by atoms with Crippen molar-refractivity contribution in [2.24, 2.45) is 5.92 Å². The quantitative estimate of drug-likeness (QED) is 0.117. The second kappa shape index (κ2) is 19.0. The van der Waals surface area contributed by atoms with Gasteiger partial charge in [0.25, 0.3) is 11.8 Å². The number of halogens is 3. The van der Waals surface area contributed by atoms with Crippen molar-refractivity contribution >= 4 is 74.9 Å². The Labute approximate surface area is 384 Å². The fraction of sp³-hybridized carbons (Fsp3) is 0.426. The van der Waals surface area contributed by atoms with Gasteiger partial charge < -0.3 is 25.0 Å². The molecule has 4 atom stereocenters. The number of hydrogen-bond acceptors (Lipinski definition) is 13. The Balaban J connectivity index is 0.782. The van der Waals surface area contributed by atoms with Crippen LogP contribution in [0.5, 0.6) is 5.75 Å². The number of benzene rings is 3. The smallest absolute Gasteiger partial charge is 0.262 e. The van der Waals surface area contributed by atoms with E-state index in [1.54, 1.807) is 18.2 Å².